The second-order valence-electron chi connectivity index (χ2n) is 4.68. The van der Waals surface area contributed by atoms with E-state index < -0.39 is 0 Å². The molecule has 0 saturated carbocycles. The first-order chi connectivity index (χ1) is 9.13. The van der Waals surface area contributed by atoms with Gasteiger partial charge < -0.3 is 5.32 Å². The molecule has 0 unspecified atom stereocenters. The van der Waals surface area contributed by atoms with Crippen LogP contribution < -0.4 is 5.32 Å². The van der Waals surface area contributed by atoms with Crippen LogP contribution >= 0.6 is 15.9 Å². The van der Waals surface area contributed by atoms with Crippen LogP contribution in [0.4, 0.5) is 0 Å². The van der Waals surface area contributed by atoms with Crippen molar-refractivity contribution in [3.8, 4) is 0 Å². The van der Waals surface area contributed by atoms with Crippen LogP contribution in [0.2, 0.25) is 0 Å². The van der Waals surface area contributed by atoms with Gasteiger partial charge in [0, 0.05) is 22.3 Å². The molecular weight excluding hydrogens is 302 g/mol. The summed E-state index contributed by atoms with van der Waals surface area (Å²) >= 11 is 3.59. The predicted octanol–water partition coefficient (Wildman–Crippen LogP) is 3.42. The van der Waals surface area contributed by atoms with E-state index in [2.05, 4.69) is 70.0 Å². The molecule has 0 aliphatic rings. The van der Waals surface area contributed by atoms with E-state index in [1.165, 1.54) is 16.8 Å². The normalized spacial score (nSPS) is 10.9. The molecule has 0 aliphatic heterocycles. The molecule has 0 bridgehead atoms. The Labute approximate surface area is 123 Å². The van der Waals surface area contributed by atoms with Gasteiger partial charge in [0.2, 0.25) is 0 Å². The van der Waals surface area contributed by atoms with Gasteiger partial charge in [0.1, 0.15) is 0 Å². The summed E-state index contributed by atoms with van der Waals surface area (Å²) in [5.41, 5.74) is 4.93. The van der Waals surface area contributed by atoms with Crippen molar-refractivity contribution in [2.45, 2.75) is 33.9 Å². The van der Waals surface area contributed by atoms with E-state index >= 15 is 0 Å². The molecule has 2 rings (SSSR count). The largest absolute Gasteiger partial charge is 0.313 e. The Hall–Kier alpha value is -1.13. The summed E-state index contributed by atoms with van der Waals surface area (Å²) in [7, 11) is 0. The maximum absolute atomic E-state index is 4.66. The van der Waals surface area contributed by atoms with E-state index in [4.69, 9.17) is 0 Å². The molecule has 0 saturated heterocycles. The first-order valence-electron chi connectivity index (χ1n) is 6.60. The summed E-state index contributed by atoms with van der Waals surface area (Å²) < 4.78 is 3.22. The lowest BCUT2D eigenvalue weighted by Gasteiger charge is -2.07. The number of nitrogens with zero attached hydrogens (tertiary/aromatic N) is 2. The molecule has 1 N–H and O–H groups in total. The van der Waals surface area contributed by atoms with Gasteiger partial charge in [-0.2, -0.15) is 5.10 Å². The van der Waals surface area contributed by atoms with Crippen LogP contribution in [0.1, 0.15) is 29.4 Å². The molecule has 1 aromatic heterocycles. The van der Waals surface area contributed by atoms with Crippen molar-refractivity contribution in [2.24, 2.45) is 0 Å². The monoisotopic (exact) mass is 321 g/mol. The van der Waals surface area contributed by atoms with Crippen molar-refractivity contribution in [1.82, 2.24) is 15.1 Å². The smallest absolute Gasteiger partial charge is 0.0673 e. The standard InChI is InChI=1S/C15H20BrN3/c1-4-17-9-14-11(2)18-19(12(14)3)10-13-7-5-6-8-15(13)16/h5-8,17H,4,9-10H2,1-3H3. The summed E-state index contributed by atoms with van der Waals surface area (Å²) in [6.45, 7) is 9.02. The minimum absolute atomic E-state index is 0.806. The number of benzene rings is 1. The molecule has 19 heavy (non-hydrogen) atoms. The van der Waals surface area contributed by atoms with E-state index in [1.807, 2.05) is 6.07 Å². The number of aryl methyl sites for hydroxylation is 1. The average molecular weight is 322 g/mol. The van der Waals surface area contributed by atoms with E-state index in [9.17, 15) is 0 Å². The van der Waals surface area contributed by atoms with E-state index in [0.717, 1.165) is 29.8 Å². The Balaban J connectivity index is 2.24. The topological polar surface area (TPSA) is 29.9 Å². The minimum Gasteiger partial charge on any atom is -0.313 e. The lowest BCUT2D eigenvalue weighted by atomic mass is 10.2. The maximum atomic E-state index is 4.66. The number of nitrogens with one attached hydrogen (secondary N) is 1. The Morgan fingerprint density at radius 3 is 2.68 bits per heavy atom. The maximum Gasteiger partial charge on any atom is 0.0673 e. The number of rotatable bonds is 5. The third kappa shape index (κ3) is 3.25. The predicted molar refractivity (Wildman–Crippen MR) is 82.3 cm³/mol. The number of aromatic nitrogens is 2. The van der Waals surface area contributed by atoms with Gasteiger partial charge in [0.05, 0.1) is 12.2 Å². The van der Waals surface area contributed by atoms with Crippen molar-refractivity contribution in [2.75, 3.05) is 6.54 Å². The van der Waals surface area contributed by atoms with Crippen LogP contribution in [-0.4, -0.2) is 16.3 Å². The van der Waals surface area contributed by atoms with Crippen molar-refractivity contribution < 1.29 is 0 Å². The zero-order valence-corrected chi connectivity index (χ0v) is 13.3. The molecule has 2 aromatic rings. The Bertz CT molecular complexity index is 561. The third-order valence-electron chi connectivity index (χ3n) is 3.36. The summed E-state index contributed by atoms with van der Waals surface area (Å²) in [4.78, 5) is 0. The second-order valence-corrected chi connectivity index (χ2v) is 5.53. The molecule has 1 heterocycles. The van der Waals surface area contributed by atoms with Crippen LogP contribution in [0.15, 0.2) is 28.7 Å². The van der Waals surface area contributed by atoms with Crippen molar-refractivity contribution in [3.63, 3.8) is 0 Å². The molecule has 0 aliphatic carbocycles. The highest BCUT2D eigenvalue weighted by Crippen LogP contribution is 2.19. The molecule has 102 valence electrons. The Morgan fingerprint density at radius 2 is 2.00 bits per heavy atom. The van der Waals surface area contributed by atoms with Gasteiger partial charge in [-0.25, -0.2) is 0 Å². The molecule has 3 nitrogen and oxygen atoms in total. The van der Waals surface area contributed by atoms with Crippen LogP contribution in [0.3, 0.4) is 0 Å². The molecule has 0 amide bonds. The van der Waals surface area contributed by atoms with Gasteiger partial charge in [-0.3, -0.25) is 4.68 Å². The zero-order chi connectivity index (χ0) is 13.8. The first kappa shape index (κ1) is 14.3. The summed E-state index contributed by atoms with van der Waals surface area (Å²) in [6, 6.07) is 8.29. The highest BCUT2D eigenvalue weighted by atomic mass is 79.9. The van der Waals surface area contributed by atoms with Crippen molar-refractivity contribution in [3.05, 3.63) is 51.3 Å². The van der Waals surface area contributed by atoms with Gasteiger partial charge in [-0.05, 0) is 32.0 Å². The quantitative estimate of drug-likeness (QED) is 0.914. The number of hydrogen-bond donors (Lipinski definition) is 1. The van der Waals surface area contributed by atoms with E-state index in [1.54, 1.807) is 0 Å². The summed E-state index contributed by atoms with van der Waals surface area (Å²) in [5.74, 6) is 0. The van der Waals surface area contributed by atoms with Crippen molar-refractivity contribution >= 4 is 15.9 Å². The summed E-state index contributed by atoms with van der Waals surface area (Å²) in [5, 5.41) is 8.03. The van der Waals surface area contributed by atoms with E-state index in [0.29, 0.717) is 0 Å². The highest BCUT2D eigenvalue weighted by Gasteiger charge is 2.11. The van der Waals surface area contributed by atoms with Crippen molar-refractivity contribution in [1.29, 1.82) is 0 Å². The minimum atomic E-state index is 0.806. The fourth-order valence-electron chi connectivity index (χ4n) is 2.18. The SMILES string of the molecule is CCNCc1c(C)nn(Cc2ccccc2Br)c1C. The first-order valence-corrected chi connectivity index (χ1v) is 7.39. The van der Waals surface area contributed by atoms with E-state index in [-0.39, 0.29) is 0 Å². The molecule has 1 aromatic carbocycles. The molecule has 0 spiro atoms. The Morgan fingerprint density at radius 1 is 1.26 bits per heavy atom. The van der Waals surface area contributed by atoms with Crippen LogP contribution in [0, 0.1) is 13.8 Å². The summed E-state index contributed by atoms with van der Waals surface area (Å²) in [6.07, 6.45) is 0. The molecular formula is C15H20BrN3. The lowest BCUT2D eigenvalue weighted by Crippen LogP contribution is -2.13. The third-order valence-corrected chi connectivity index (χ3v) is 4.13. The van der Waals surface area contributed by atoms with Gasteiger partial charge >= 0.3 is 0 Å². The van der Waals surface area contributed by atoms with Crippen LogP contribution in [0.25, 0.3) is 0 Å². The fraction of sp³-hybridized carbons (Fsp3) is 0.400. The molecule has 0 radical (unpaired) electrons. The zero-order valence-electron chi connectivity index (χ0n) is 11.7. The van der Waals surface area contributed by atoms with Gasteiger partial charge in [-0.15, -0.1) is 0 Å². The number of halogens is 1. The average Bonchev–Trinajstić information content (AvgIpc) is 2.65. The van der Waals surface area contributed by atoms with Gasteiger partial charge in [0.25, 0.3) is 0 Å². The fourth-order valence-corrected chi connectivity index (χ4v) is 2.59. The van der Waals surface area contributed by atoms with Gasteiger partial charge in [0.15, 0.2) is 0 Å². The van der Waals surface area contributed by atoms with Crippen LogP contribution in [0.5, 0.6) is 0 Å². The molecule has 4 heteroatoms. The molecule has 0 fully saturated rings. The number of hydrogen-bond acceptors (Lipinski definition) is 2. The highest BCUT2D eigenvalue weighted by molar-refractivity contribution is 9.10. The van der Waals surface area contributed by atoms with Gasteiger partial charge in [-0.1, -0.05) is 41.1 Å². The Kier molecular flexibility index (Phi) is 4.77. The molecule has 0 atom stereocenters. The van der Waals surface area contributed by atoms with Crippen LogP contribution in [-0.2, 0) is 13.1 Å². The second kappa shape index (κ2) is 6.35. The lowest BCUT2D eigenvalue weighted by molar-refractivity contribution is 0.654.